The number of nitrogens with zero attached hydrogens (tertiary/aromatic N) is 2. The number of pyridine rings is 1. The Morgan fingerprint density at radius 1 is 1.04 bits per heavy atom. The van der Waals surface area contributed by atoms with Gasteiger partial charge in [-0.2, -0.15) is 0 Å². The van der Waals surface area contributed by atoms with Crippen molar-refractivity contribution in [1.82, 2.24) is 15.3 Å². The van der Waals surface area contributed by atoms with Crippen LogP contribution >= 0.6 is 0 Å². The van der Waals surface area contributed by atoms with Crippen LogP contribution in [0.1, 0.15) is 11.1 Å². The number of fused-ring (bicyclic) bond motifs is 1. The molecular formula is C19H22N4O. The second-order valence-electron chi connectivity index (χ2n) is 6.05. The number of H-pyrrole nitrogens is 1. The van der Waals surface area contributed by atoms with Gasteiger partial charge in [0, 0.05) is 55.0 Å². The lowest BCUT2D eigenvalue weighted by molar-refractivity contribution is 0.122. The van der Waals surface area contributed by atoms with Gasteiger partial charge in [0.15, 0.2) is 0 Å². The third kappa shape index (κ3) is 3.13. The lowest BCUT2D eigenvalue weighted by Gasteiger charge is -2.29. The van der Waals surface area contributed by atoms with Crippen LogP contribution in [0.15, 0.2) is 48.8 Å². The molecule has 1 aliphatic rings. The summed E-state index contributed by atoms with van der Waals surface area (Å²) < 4.78 is 5.45. The molecular weight excluding hydrogens is 300 g/mol. The monoisotopic (exact) mass is 322 g/mol. The predicted molar refractivity (Wildman–Crippen MR) is 96.1 cm³/mol. The number of hydrogen-bond acceptors (Lipinski definition) is 4. The van der Waals surface area contributed by atoms with Gasteiger partial charge in [0.25, 0.3) is 0 Å². The molecule has 0 amide bonds. The maximum atomic E-state index is 5.45. The Morgan fingerprint density at radius 3 is 2.79 bits per heavy atom. The third-order valence-electron chi connectivity index (χ3n) is 4.49. The van der Waals surface area contributed by atoms with Gasteiger partial charge in [-0.15, -0.1) is 0 Å². The molecule has 0 bridgehead atoms. The molecule has 1 aromatic carbocycles. The van der Waals surface area contributed by atoms with Gasteiger partial charge in [0.05, 0.1) is 13.2 Å². The highest BCUT2D eigenvalue weighted by Crippen LogP contribution is 2.20. The molecule has 1 saturated heterocycles. The smallest absolute Gasteiger partial charge is 0.133 e. The molecule has 0 unspecified atom stereocenters. The largest absolute Gasteiger partial charge is 0.378 e. The first-order chi connectivity index (χ1) is 11.9. The molecule has 1 aliphatic heterocycles. The number of nitrogens with one attached hydrogen (secondary N) is 2. The molecule has 24 heavy (non-hydrogen) atoms. The number of hydrogen-bond donors (Lipinski definition) is 2. The number of benzene rings is 1. The molecule has 3 aromatic rings. The van der Waals surface area contributed by atoms with E-state index in [-0.39, 0.29) is 0 Å². The van der Waals surface area contributed by atoms with E-state index in [2.05, 4.69) is 50.5 Å². The Bertz CT molecular complexity index is 808. The third-order valence-corrected chi connectivity index (χ3v) is 4.49. The maximum absolute atomic E-state index is 5.45. The molecule has 2 N–H and O–H groups in total. The first-order valence-electron chi connectivity index (χ1n) is 8.44. The van der Waals surface area contributed by atoms with E-state index in [0.29, 0.717) is 0 Å². The lowest BCUT2D eigenvalue weighted by atomic mass is 10.1. The summed E-state index contributed by atoms with van der Waals surface area (Å²) in [6, 6.07) is 12.7. The van der Waals surface area contributed by atoms with Gasteiger partial charge in [0.1, 0.15) is 5.82 Å². The van der Waals surface area contributed by atoms with E-state index < -0.39 is 0 Å². The summed E-state index contributed by atoms with van der Waals surface area (Å²) in [6.07, 6.45) is 3.86. The van der Waals surface area contributed by atoms with Crippen molar-refractivity contribution in [2.24, 2.45) is 0 Å². The fourth-order valence-electron chi connectivity index (χ4n) is 3.26. The van der Waals surface area contributed by atoms with Crippen molar-refractivity contribution in [3.8, 4) is 0 Å². The van der Waals surface area contributed by atoms with Gasteiger partial charge in [-0.05, 0) is 23.8 Å². The quantitative estimate of drug-likeness (QED) is 0.758. The molecule has 0 radical (unpaired) electrons. The zero-order chi connectivity index (χ0) is 16.2. The number of morpholine rings is 1. The molecule has 0 saturated carbocycles. The molecule has 5 heteroatoms. The molecule has 124 valence electrons. The minimum atomic E-state index is 0.777. The molecule has 3 heterocycles. The van der Waals surface area contributed by atoms with Gasteiger partial charge >= 0.3 is 0 Å². The van der Waals surface area contributed by atoms with Gasteiger partial charge in [0.2, 0.25) is 0 Å². The number of aromatic amines is 1. The molecule has 0 aliphatic carbocycles. The summed E-state index contributed by atoms with van der Waals surface area (Å²) in [5.74, 6) is 1.08. The Balaban J connectivity index is 1.45. The molecule has 1 fully saturated rings. The van der Waals surface area contributed by atoms with Crippen LogP contribution < -0.4 is 10.2 Å². The normalized spacial score (nSPS) is 15.1. The van der Waals surface area contributed by atoms with Crippen LogP contribution in [0, 0.1) is 0 Å². The first-order valence-corrected chi connectivity index (χ1v) is 8.44. The van der Waals surface area contributed by atoms with E-state index >= 15 is 0 Å². The molecule has 2 aromatic heterocycles. The van der Waals surface area contributed by atoms with Crippen LogP contribution in [0.4, 0.5) is 5.82 Å². The van der Waals surface area contributed by atoms with E-state index in [1.165, 1.54) is 22.0 Å². The molecule has 0 spiro atoms. The van der Waals surface area contributed by atoms with Crippen molar-refractivity contribution in [2.45, 2.75) is 13.1 Å². The van der Waals surface area contributed by atoms with Crippen molar-refractivity contribution in [3.63, 3.8) is 0 Å². The van der Waals surface area contributed by atoms with Gasteiger partial charge < -0.3 is 19.9 Å². The fraction of sp³-hybridized carbons (Fsp3) is 0.316. The predicted octanol–water partition coefficient (Wildman–Crippen LogP) is 2.69. The molecule has 4 rings (SSSR count). The summed E-state index contributed by atoms with van der Waals surface area (Å²) in [5.41, 5.74) is 3.73. The van der Waals surface area contributed by atoms with Gasteiger partial charge in [-0.25, -0.2) is 4.98 Å². The van der Waals surface area contributed by atoms with Crippen LogP contribution in [-0.4, -0.2) is 36.3 Å². The van der Waals surface area contributed by atoms with E-state index in [1.807, 2.05) is 18.5 Å². The highest BCUT2D eigenvalue weighted by molar-refractivity contribution is 5.82. The lowest BCUT2D eigenvalue weighted by Crippen LogP contribution is -2.37. The summed E-state index contributed by atoms with van der Waals surface area (Å²) in [6.45, 7) is 5.02. The van der Waals surface area contributed by atoms with Crippen molar-refractivity contribution in [2.75, 3.05) is 31.2 Å². The average molecular weight is 322 g/mol. The summed E-state index contributed by atoms with van der Waals surface area (Å²) in [5, 5.41) is 4.85. The second kappa shape index (κ2) is 7.03. The van der Waals surface area contributed by atoms with Crippen molar-refractivity contribution >= 4 is 16.7 Å². The minimum Gasteiger partial charge on any atom is -0.378 e. The zero-order valence-corrected chi connectivity index (χ0v) is 13.7. The van der Waals surface area contributed by atoms with E-state index in [4.69, 9.17) is 4.74 Å². The van der Waals surface area contributed by atoms with Crippen LogP contribution in [0.5, 0.6) is 0 Å². The summed E-state index contributed by atoms with van der Waals surface area (Å²) in [4.78, 5) is 10.2. The standard InChI is InChI=1S/C19H22N4O/c1-3-15(17-6-8-21-18(17)5-1)13-20-14-16-4-2-7-22-19(16)23-9-11-24-12-10-23/h1-8,20-21H,9-14H2. The summed E-state index contributed by atoms with van der Waals surface area (Å²) in [7, 11) is 0. The number of rotatable bonds is 5. The van der Waals surface area contributed by atoms with Gasteiger partial charge in [-0.3, -0.25) is 0 Å². The van der Waals surface area contributed by atoms with Crippen LogP contribution in [0.2, 0.25) is 0 Å². The van der Waals surface area contributed by atoms with Crippen LogP contribution in [0.25, 0.3) is 10.9 Å². The topological polar surface area (TPSA) is 53.2 Å². The van der Waals surface area contributed by atoms with Crippen molar-refractivity contribution in [3.05, 3.63) is 59.9 Å². The molecule has 5 nitrogen and oxygen atoms in total. The average Bonchev–Trinajstić information content (AvgIpc) is 3.12. The van der Waals surface area contributed by atoms with Crippen LogP contribution in [-0.2, 0) is 17.8 Å². The van der Waals surface area contributed by atoms with E-state index in [9.17, 15) is 0 Å². The number of anilines is 1. The van der Waals surface area contributed by atoms with Crippen molar-refractivity contribution < 1.29 is 4.74 Å². The fourth-order valence-corrected chi connectivity index (χ4v) is 3.26. The highest BCUT2D eigenvalue weighted by Gasteiger charge is 2.15. The van der Waals surface area contributed by atoms with Gasteiger partial charge in [-0.1, -0.05) is 18.2 Å². The molecule has 0 atom stereocenters. The first kappa shape index (κ1) is 15.2. The Morgan fingerprint density at radius 2 is 1.88 bits per heavy atom. The maximum Gasteiger partial charge on any atom is 0.133 e. The van der Waals surface area contributed by atoms with Crippen LogP contribution in [0.3, 0.4) is 0 Å². The zero-order valence-electron chi connectivity index (χ0n) is 13.7. The Kier molecular flexibility index (Phi) is 4.44. The minimum absolute atomic E-state index is 0.777. The SMILES string of the molecule is c1cnc(N2CCOCC2)c(CNCc2cccc3[nH]ccc23)c1. The Labute approximate surface area is 141 Å². The highest BCUT2D eigenvalue weighted by atomic mass is 16.5. The van der Waals surface area contributed by atoms with E-state index in [1.54, 1.807) is 0 Å². The number of aromatic nitrogens is 2. The number of ether oxygens (including phenoxy) is 1. The second-order valence-corrected chi connectivity index (χ2v) is 6.05. The van der Waals surface area contributed by atoms with Crippen molar-refractivity contribution in [1.29, 1.82) is 0 Å². The van der Waals surface area contributed by atoms with E-state index in [0.717, 1.165) is 45.2 Å². The summed E-state index contributed by atoms with van der Waals surface area (Å²) >= 11 is 0. The Hall–Kier alpha value is -2.37.